The van der Waals surface area contributed by atoms with Crippen LogP contribution in [-0.4, -0.2) is 25.0 Å². The maximum Gasteiger partial charge on any atom is 0.254 e. The van der Waals surface area contributed by atoms with Crippen molar-refractivity contribution in [2.75, 3.05) is 14.2 Å². The summed E-state index contributed by atoms with van der Waals surface area (Å²) in [5.74, 6) is 0.228. The Kier molecular flexibility index (Phi) is 5.10. The van der Waals surface area contributed by atoms with Gasteiger partial charge in [-0.1, -0.05) is 53.5 Å². The minimum absolute atomic E-state index is 0.148. The molecule has 5 heteroatoms. The summed E-state index contributed by atoms with van der Waals surface area (Å²) in [6.07, 6.45) is 0. The molecule has 0 heterocycles. The van der Waals surface area contributed by atoms with Crippen LogP contribution in [0.25, 0.3) is 0 Å². The molecule has 0 radical (unpaired) electrons. The Labute approximate surface area is 134 Å². The molecule has 3 nitrogen and oxygen atoms in total. The fourth-order valence-corrected chi connectivity index (χ4v) is 2.67. The van der Waals surface area contributed by atoms with E-state index in [9.17, 15) is 4.79 Å². The van der Waals surface area contributed by atoms with Crippen molar-refractivity contribution in [1.82, 2.24) is 4.90 Å². The molecule has 0 saturated heterocycles. The van der Waals surface area contributed by atoms with Crippen LogP contribution >= 0.6 is 23.2 Å². The average Bonchev–Trinajstić information content (AvgIpc) is 2.47. The van der Waals surface area contributed by atoms with Crippen molar-refractivity contribution >= 4 is 29.1 Å². The molecule has 0 atom stereocenters. The highest BCUT2D eigenvalue weighted by Gasteiger charge is 2.16. The number of hydrogen-bond acceptors (Lipinski definition) is 2. The van der Waals surface area contributed by atoms with E-state index in [4.69, 9.17) is 27.9 Å². The zero-order valence-electron chi connectivity index (χ0n) is 11.8. The van der Waals surface area contributed by atoms with E-state index in [-0.39, 0.29) is 5.91 Å². The molecule has 1 amide bonds. The Morgan fingerprint density at radius 3 is 2.24 bits per heavy atom. The largest absolute Gasteiger partial charge is 0.494 e. The first kappa shape index (κ1) is 15.7. The van der Waals surface area contributed by atoms with Crippen molar-refractivity contribution in [1.29, 1.82) is 0 Å². The van der Waals surface area contributed by atoms with Crippen molar-refractivity contribution in [3.63, 3.8) is 0 Å². The third kappa shape index (κ3) is 3.69. The molecule has 0 aliphatic heterocycles. The third-order valence-corrected chi connectivity index (χ3v) is 3.62. The van der Waals surface area contributed by atoms with Crippen LogP contribution in [-0.2, 0) is 6.54 Å². The van der Waals surface area contributed by atoms with Gasteiger partial charge < -0.3 is 9.64 Å². The lowest BCUT2D eigenvalue weighted by Crippen LogP contribution is -2.26. The first-order valence-corrected chi connectivity index (χ1v) is 7.11. The molecule has 2 aromatic rings. The number of hydrogen-bond donors (Lipinski definition) is 0. The van der Waals surface area contributed by atoms with Crippen LogP contribution in [0, 0.1) is 0 Å². The van der Waals surface area contributed by atoms with Crippen LogP contribution in [0.1, 0.15) is 15.9 Å². The van der Waals surface area contributed by atoms with Gasteiger partial charge in [-0.3, -0.25) is 4.79 Å². The molecular formula is C16H15Cl2NO2. The number of ether oxygens (including phenoxy) is 1. The smallest absolute Gasteiger partial charge is 0.254 e. The summed E-state index contributed by atoms with van der Waals surface area (Å²) in [5.41, 5.74) is 1.49. The van der Waals surface area contributed by atoms with E-state index in [1.807, 2.05) is 30.3 Å². The Morgan fingerprint density at radius 2 is 1.71 bits per heavy atom. The molecule has 110 valence electrons. The highest BCUT2D eigenvalue weighted by Crippen LogP contribution is 2.34. The van der Waals surface area contributed by atoms with Crippen molar-refractivity contribution < 1.29 is 9.53 Å². The summed E-state index contributed by atoms with van der Waals surface area (Å²) in [7, 11) is 3.22. The summed E-state index contributed by atoms with van der Waals surface area (Å²) in [5, 5.41) is 0.642. The molecule has 0 N–H and O–H groups in total. The van der Waals surface area contributed by atoms with Crippen LogP contribution < -0.4 is 4.74 Å². The first-order valence-electron chi connectivity index (χ1n) is 6.35. The molecule has 0 aliphatic carbocycles. The molecule has 21 heavy (non-hydrogen) atoms. The van der Waals surface area contributed by atoms with E-state index in [1.165, 1.54) is 7.11 Å². The third-order valence-electron chi connectivity index (χ3n) is 3.06. The molecule has 0 aromatic heterocycles. The molecule has 0 unspecified atom stereocenters. The fraction of sp³-hybridized carbons (Fsp3) is 0.188. The average molecular weight is 324 g/mol. The van der Waals surface area contributed by atoms with Crippen LogP contribution in [0.15, 0.2) is 42.5 Å². The van der Waals surface area contributed by atoms with Crippen LogP contribution in [0.3, 0.4) is 0 Å². The highest BCUT2D eigenvalue weighted by molar-refractivity contribution is 6.37. The maximum absolute atomic E-state index is 12.4. The molecule has 0 spiro atoms. The number of amides is 1. The van der Waals surface area contributed by atoms with Gasteiger partial charge in [0.25, 0.3) is 5.91 Å². The van der Waals surface area contributed by atoms with Crippen molar-refractivity contribution in [2.24, 2.45) is 0 Å². The van der Waals surface area contributed by atoms with E-state index in [1.54, 1.807) is 24.1 Å². The zero-order chi connectivity index (χ0) is 15.4. The second-order valence-electron chi connectivity index (χ2n) is 4.62. The van der Waals surface area contributed by atoms with E-state index in [0.29, 0.717) is 27.9 Å². The van der Waals surface area contributed by atoms with Gasteiger partial charge in [0.15, 0.2) is 5.75 Å². The minimum Gasteiger partial charge on any atom is -0.494 e. The number of methoxy groups -OCH3 is 1. The van der Waals surface area contributed by atoms with Crippen LogP contribution in [0.2, 0.25) is 10.0 Å². The first-order chi connectivity index (χ1) is 10.0. The Balaban J connectivity index is 2.20. The molecular weight excluding hydrogens is 309 g/mol. The predicted octanol–water partition coefficient (Wildman–Crippen LogP) is 4.27. The molecule has 0 saturated carbocycles. The van der Waals surface area contributed by atoms with E-state index < -0.39 is 0 Å². The van der Waals surface area contributed by atoms with E-state index in [2.05, 4.69) is 0 Å². The highest BCUT2D eigenvalue weighted by atomic mass is 35.5. The van der Waals surface area contributed by atoms with Gasteiger partial charge in [-0.05, 0) is 17.7 Å². The van der Waals surface area contributed by atoms with Crippen molar-refractivity contribution in [2.45, 2.75) is 6.54 Å². The van der Waals surface area contributed by atoms with Crippen LogP contribution in [0.4, 0.5) is 0 Å². The number of rotatable bonds is 4. The monoisotopic (exact) mass is 323 g/mol. The lowest BCUT2D eigenvalue weighted by molar-refractivity contribution is 0.0785. The topological polar surface area (TPSA) is 29.5 Å². The Hall–Kier alpha value is -1.71. The van der Waals surface area contributed by atoms with Gasteiger partial charge in [-0.25, -0.2) is 0 Å². The van der Waals surface area contributed by atoms with E-state index >= 15 is 0 Å². The molecule has 0 fully saturated rings. The van der Waals surface area contributed by atoms with Crippen molar-refractivity contribution in [3.8, 4) is 5.75 Å². The second-order valence-corrected chi connectivity index (χ2v) is 5.43. The van der Waals surface area contributed by atoms with Gasteiger partial charge in [0.2, 0.25) is 0 Å². The van der Waals surface area contributed by atoms with Crippen molar-refractivity contribution in [3.05, 3.63) is 63.6 Å². The summed E-state index contributed by atoms with van der Waals surface area (Å²) in [6, 6.07) is 12.9. The Bertz CT molecular complexity index is 621. The lowest BCUT2D eigenvalue weighted by atomic mass is 10.1. The van der Waals surface area contributed by atoms with Gasteiger partial charge in [-0.2, -0.15) is 0 Å². The van der Waals surface area contributed by atoms with Gasteiger partial charge >= 0.3 is 0 Å². The summed E-state index contributed by atoms with van der Waals surface area (Å²) in [4.78, 5) is 14.0. The number of benzene rings is 2. The maximum atomic E-state index is 12.4. The summed E-state index contributed by atoms with van der Waals surface area (Å²) < 4.78 is 5.08. The SMILES string of the molecule is COc1c(Cl)cc(C(=O)N(C)Cc2ccccc2)cc1Cl. The molecule has 0 aliphatic rings. The molecule has 2 aromatic carbocycles. The fourth-order valence-electron chi connectivity index (χ4n) is 2.03. The second kappa shape index (κ2) is 6.83. The van der Waals surface area contributed by atoms with E-state index in [0.717, 1.165) is 5.56 Å². The van der Waals surface area contributed by atoms with Crippen LogP contribution in [0.5, 0.6) is 5.75 Å². The standard InChI is InChI=1S/C16H15Cl2NO2/c1-19(10-11-6-4-3-5-7-11)16(20)12-8-13(17)15(21-2)14(18)9-12/h3-9H,10H2,1-2H3. The normalized spacial score (nSPS) is 10.3. The molecule has 0 bridgehead atoms. The molecule has 2 rings (SSSR count). The minimum atomic E-state index is -0.148. The summed E-state index contributed by atoms with van der Waals surface area (Å²) >= 11 is 12.1. The van der Waals surface area contributed by atoms with Gasteiger partial charge in [0, 0.05) is 19.2 Å². The van der Waals surface area contributed by atoms with Gasteiger partial charge in [0.1, 0.15) is 0 Å². The lowest BCUT2D eigenvalue weighted by Gasteiger charge is -2.18. The van der Waals surface area contributed by atoms with Gasteiger partial charge in [-0.15, -0.1) is 0 Å². The summed E-state index contributed by atoms with van der Waals surface area (Å²) in [6.45, 7) is 0.515. The number of carbonyl (C=O) groups is 1. The Morgan fingerprint density at radius 1 is 1.14 bits per heavy atom. The predicted molar refractivity (Wildman–Crippen MR) is 85.3 cm³/mol. The quantitative estimate of drug-likeness (QED) is 0.840. The number of halogens is 2. The van der Waals surface area contributed by atoms with Gasteiger partial charge in [0.05, 0.1) is 17.2 Å². The zero-order valence-corrected chi connectivity index (χ0v) is 13.3. The number of nitrogens with zero attached hydrogens (tertiary/aromatic N) is 1. The number of carbonyl (C=O) groups excluding carboxylic acids is 1.